The number of oxazole rings is 1. The van der Waals surface area contributed by atoms with Gasteiger partial charge in [0.15, 0.2) is 5.58 Å². The van der Waals surface area contributed by atoms with E-state index in [4.69, 9.17) is 10.2 Å². The Bertz CT molecular complexity index is 1190. The molecule has 1 heterocycles. The summed E-state index contributed by atoms with van der Waals surface area (Å²) < 4.78 is 32.5. The number of aromatic nitrogens is 1. The van der Waals surface area contributed by atoms with Gasteiger partial charge in [0.25, 0.3) is 0 Å². The largest absolute Gasteiger partial charge is 0.419 e. The Kier molecular flexibility index (Phi) is 5.65. The molecule has 0 unspecified atom stereocenters. The SMILES string of the molecule is Cn1c(=O)oc2ccc(-c3ccc(C[C@@H](C#N)NS(=O)(=O)CCN)cc3)cc21. The molecule has 146 valence electrons. The predicted octanol–water partition coefficient (Wildman–Crippen LogP) is 1.11. The number of nitrogens with zero attached hydrogens (tertiary/aromatic N) is 2. The highest BCUT2D eigenvalue weighted by atomic mass is 32.2. The Morgan fingerprint density at radius 1 is 1.21 bits per heavy atom. The van der Waals surface area contributed by atoms with E-state index in [1.807, 2.05) is 42.5 Å². The number of hydrogen-bond acceptors (Lipinski definition) is 6. The van der Waals surface area contributed by atoms with Crippen LogP contribution in [0, 0.1) is 11.3 Å². The average Bonchev–Trinajstić information content (AvgIpc) is 2.95. The summed E-state index contributed by atoms with van der Waals surface area (Å²) >= 11 is 0. The minimum Gasteiger partial charge on any atom is -0.408 e. The molecule has 0 fully saturated rings. The first-order chi connectivity index (χ1) is 13.3. The number of fused-ring (bicyclic) bond motifs is 1. The molecule has 3 rings (SSSR count). The van der Waals surface area contributed by atoms with Gasteiger partial charge in [0.2, 0.25) is 10.0 Å². The van der Waals surface area contributed by atoms with Gasteiger partial charge in [0.1, 0.15) is 6.04 Å². The zero-order valence-electron chi connectivity index (χ0n) is 15.3. The number of benzene rings is 2. The summed E-state index contributed by atoms with van der Waals surface area (Å²) in [6.45, 7) is -0.00518. The van der Waals surface area contributed by atoms with Crippen LogP contribution in [0.25, 0.3) is 22.2 Å². The fourth-order valence-corrected chi connectivity index (χ4v) is 3.92. The maximum atomic E-state index is 11.8. The summed E-state index contributed by atoms with van der Waals surface area (Å²) in [5.41, 5.74) is 9.16. The molecule has 0 saturated carbocycles. The normalized spacial score (nSPS) is 12.8. The number of nitrogens with one attached hydrogen (secondary N) is 1. The van der Waals surface area contributed by atoms with Crippen LogP contribution in [0.3, 0.4) is 0 Å². The number of hydrogen-bond donors (Lipinski definition) is 2. The van der Waals surface area contributed by atoms with E-state index in [0.29, 0.717) is 11.1 Å². The first-order valence-corrected chi connectivity index (χ1v) is 10.3. The lowest BCUT2D eigenvalue weighted by Gasteiger charge is -2.12. The summed E-state index contributed by atoms with van der Waals surface area (Å²) in [5, 5.41) is 9.24. The van der Waals surface area contributed by atoms with Crippen LogP contribution in [0.5, 0.6) is 0 Å². The van der Waals surface area contributed by atoms with Gasteiger partial charge in [-0.05, 0) is 28.8 Å². The molecule has 0 saturated heterocycles. The number of sulfonamides is 1. The van der Waals surface area contributed by atoms with Gasteiger partial charge in [-0.2, -0.15) is 9.98 Å². The molecule has 0 aliphatic carbocycles. The second-order valence-corrected chi connectivity index (χ2v) is 8.29. The molecule has 2 aromatic carbocycles. The zero-order chi connectivity index (χ0) is 20.3. The van der Waals surface area contributed by atoms with E-state index >= 15 is 0 Å². The monoisotopic (exact) mass is 400 g/mol. The van der Waals surface area contributed by atoms with Crippen molar-refractivity contribution < 1.29 is 12.8 Å². The molecule has 0 aliphatic heterocycles. The predicted molar refractivity (Wildman–Crippen MR) is 106 cm³/mol. The molecule has 28 heavy (non-hydrogen) atoms. The van der Waals surface area contributed by atoms with Gasteiger partial charge in [0.05, 0.1) is 17.3 Å². The quantitative estimate of drug-likeness (QED) is 0.611. The molecular weight excluding hydrogens is 380 g/mol. The Morgan fingerprint density at radius 3 is 2.54 bits per heavy atom. The third-order valence-electron chi connectivity index (χ3n) is 4.38. The molecule has 0 bridgehead atoms. The molecule has 0 radical (unpaired) electrons. The van der Waals surface area contributed by atoms with Crippen LogP contribution in [0.2, 0.25) is 0 Å². The highest BCUT2D eigenvalue weighted by Gasteiger charge is 2.17. The fourth-order valence-electron chi connectivity index (χ4n) is 2.92. The van der Waals surface area contributed by atoms with E-state index in [0.717, 1.165) is 16.7 Å². The summed E-state index contributed by atoms with van der Waals surface area (Å²) in [6, 6.07) is 14.0. The lowest BCUT2D eigenvalue weighted by atomic mass is 10.0. The molecule has 8 nitrogen and oxygen atoms in total. The van der Waals surface area contributed by atoms with Crippen molar-refractivity contribution in [1.29, 1.82) is 5.26 Å². The smallest absolute Gasteiger partial charge is 0.408 e. The second-order valence-electron chi connectivity index (χ2n) is 6.42. The molecule has 1 aromatic heterocycles. The number of nitriles is 1. The Balaban J connectivity index is 1.79. The highest BCUT2D eigenvalue weighted by molar-refractivity contribution is 7.89. The summed E-state index contributed by atoms with van der Waals surface area (Å²) in [4.78, 5) is 11.6. The van der Waals surface area contributed by atoms with Crippen LogP contribution in [0.15, 0.2) is 51.7 Å². The topological polar surface area (TPSA) is 131 Å². The molecule has 9 heteroatoms. The summed E-state index contributed by atoms with van der Waals surface area (Å²) in [7, 11) is -1.92. The van der Waals surface area contributed by atoms with E-state index in [-0.39, 0.29) is 18.7 Å². The lowest BCUT2D eigenvalue weighted by molar-refractivity contribution is 0.528. The molecule has 0 aliphatic rings. The maximum Gasteiger partial charge on any atom is 0.419 e. The van der Waals surface area contributed by atoms with Crippen molar-refractivity contribution in [1.82, 2.24) is 9.29 Å². The van der Waals surface area contributed by atoms with E-state index in [2.05, 4.69) is 4.72 Å². The van der Waals surface area contributed by atoms with Crippen LogP contribution < -0.4 is 16.2 Å². The average molecular weight is 400 g/mol. The van der Waals surface area contributed by atoms with Gasteiger partial charge in [-0.3, -0.25) is 4.57 Å². The van der Waals surface area contributed by atoms with E-state index < -0.39 is 21.8 Å². The van der Waals surface area contributed by atoms with Crippen LogP contribution in [0.1, 0.15) is 5.56 Å². The first-order valence-electron chi connectivity index (χ1n) is 8.61. The Morgan fingerprint density at radius 2 is 1.89 bits per heavy atom. The highest BCUT2D eigenvalue weighted by Crippen LogP contribution is 2.24. The third-order valence-corrected chi connectivity index (χ3v) is 5.80. The first kappa shape index (κ1) is 19.8. The standard InChI is InChI=1S/C19H20N4O4S/c1-23-17-11-15(6-7-18(17)27-19(23)24)14-4-2-13(3-5-14)10-16(12-21)22-28(25,26)9-8-20/h2-7,11,16,22H,8-10,20H2,1H3/t16-/m0/s1. The molecule has 3 N–H and O–H groups in total. The van der Waals surface area contributed by atoms with Crippen LogP contribution in [-0.4, -0.2) is 31.3 Å². The second kappa shape index (κ2) is 7.98. The minimum absolute atomic E-state index is 0.00518. The zero-order valence-corrected chi connectivity index (χ0v) is 16.1. The summed E-state index contributed by atoms with van der Waals surface area (Å²) in [5.74, 6) is -0.634. The van der Waals surface area contributed by atoms with Crippen molar-refractivity contribution in [3.63, 3.8) is 0 Å². The Hall–Kier alpha value is -2.93. The third kappa shape index (κ3) is 4.31. The van der Waals surface area contributed by atoms with Crippen molar-refractivity contribution in [3.05, 3.63) is 58.6 Å². The van der Waals surface area contributed by atoms with Gasteiger partial charge in [-0.15, -0.1) is 0 Å². The fraction of sp³-hybridized carbons (Fsp3) is 0.263. The Labute approximate surface area is 162 Å². The van der Waals surface area contributed by atoms with Crippen LogP contribution in [0.4, 0.5) is 0 Å². The number of rotatable bonds is 7. The molecule has 1 atom stereocenters. The van der Waals surface area contributed by atoms with E-state index in [1.165, 1.54) is 4.57 Å². The molecule has 0 spiro atoms. The number of nitrogens with two attached hydrogens (primary N) is 1. The number of aryl methyl sites for hydroxylation is 1. The van der Waals surface area contributed by atoms with Crippen molar-refractivity contribution in [2.24, 2.45) is 12.8 Å². The van der Waals surface area contributed by atoms with Crippen LogP contribution in [-0.2, 0) is 23.5 Å². The van der Waals surface area contributed by atoms with Crippen molar-refractivity contribution in [2.45, 2.75) is 12.5 Å². The van der Waals surface area contributed by atoms with Gasteiger partial charge in [0, 0.05) is 20.0 Å². The van der Waals surface area contributed by atoms with Crippen molar-refractivity contribution in [2.75, 3.05) is 12.3 Å². The van der Waals surface area contributed by atoms with Crippen molar-refractivity contribution in [3.8, 4) is 17.2 Å². The van der Waals surface area contributed by atoms with Gasteiger partial charge < -0.3 is 10.2 Å². The van der Waals surface area contributed by atoms with Gasteiger partial charge in [-0.25, -0.2) is 13.2 Å². The molecule has 3 aromatic rings. The lowest BCUT2D eigenvalue weighted by Crippen LogP contribution is -2.38. The minimum atomic E-state index is -3.57. The van der Waals surface area contributed by atoms with Gasteiger partial charge >= 0.3 is 5.76 Å². The molecule has 0 amide bonds. The van der Waals surface area contributed by atoms with Crippen LogP contribution >= 0.6 is 0 Å². The van der Waals surface area contributed by atoms with E-state index in [1.54, 1.807) is 13.1 Å². The van der Waals surface area contributed by atoms with Gasteiger partial charge in [-0.1, -0.05) is 30.3 Å². The van der Waals surface area contributed by atoms with E-state index in [9.17, 15) is 18.5 Å². The van der Waals surface area contributed by atoms with Crippen molar-refractivity contribution >= 4 is 21.1 Å². The maximum absolute atomic E-state index is 11.8. The summed E-state index contributed by atoms with van der Waals surface area (Å²) in [6.07, 6.45) is 0.246. The molecular formula is C19H20N4O4S.